The molecule has 1 unspecified atom stereocenters. The van der Waals surface area contributed by atoms with Gasteiger partial charge in [-0.3, -0.25) is 14.4 Å². The van der Waals surface area contributed by atoms with Crippen LogP contribution in [0, 0.1) is 17.3 Å². The SMILES string of the molecule is CCOc1ccc(N2CC=C[C@@]3(CC)O[C@]45C=CCN(C(C)(C)CC(C)(C)C)C(=O)C4N([C@H](CO)c4ccccc4)C(=O)[C@@H]5[C@H]3C2=O)cc1. The minimum Gasteiger partial charge on any atom is -0.494 e. The molecule has 2 saturated heterocycles. The summed E-state index contributed by atoms with van der Waals surface area (Å²) in [5, 5.41) is 10.9. The van der Waals surface area contributed by atoms with Gasteiger partial charge in [-0.15, -0.1) is 0 Å². The number of benzene rings is 2. The normalized spacial score (nSPS) is 29.0. The molecule has 1 N–H and O–H groups in total. The molecule has 4 aliphatic rings. The number of nitrogens with zero attached hydrogens (tertiary/aromatic N) is 3. The number of ether oxygens (including phenoxy) is 2. The summed E-state index contributed by atoms with van der Waals surface area (Å²) in [5.74, 6) is -2.05. The van der Waals surface area contributed by atoms with Gasteiger partial charge in [-0.2, -0.15) is 0 Å². The van der Waals surface area contributed by atoms with E-state index in [1.165, 1.54) is 0 Å². The predicted molar refractivity (Wildman–Crippen MR) is 189 cm³/mol. The number of aliphatic hydroxyl groups is 1. The monoisotopic (exact) mass is 669 g/mol. The summed E-state index contributed by atoms with van der Waals surface area (Å²) < 4.78 is 12.9. The highest BCUT2D eigenvalue weighted by Gasteiger charge is 2.76. The Balaban J connectivity index is 1.51. The summed E-state index contributed by atoms with van der Waals surface area (Å²) >= 11 is 0. The molecule has 4 aliphatic heterocycles. The van der Waals surface area contributed by atoms with Gasteiger partial charge in [-0.25, -0.2) is 0 Å². The highest BCUT2D eigenvalue weighted by Crippen LogP contribution is 2.60. The molecule has 2 fully saturated rings. The second-order valence-electron chi connectivity index (χ2n) is 15.7. The Labute approximate surface area is 290 Å². The fourth-order valence-electron chi connectivity index (χ4n) is 9.12. The van der Waals surface area contributed by atoms with Crippen molar-refractivity contribution in [2.24, 2.45) is 17.3 Å². The van der Waals surface area contributed by atoms with E-state index < -0.39 is 47.3 Å². The number of carbonyl (C=O) groups excluding carboxylic acids is 3. The Morgan fingerprint density at radius 3 is 2.16 bits per heavy atom. The molecule has 2 aromatic rings. The number of fused-ring (bicyclic) bond motifs is 2. The van der Waals surface area contributed by atoms with E-state index in [-0.39, 0.29) is 23.1 Å². The van der Waals surface area contributed by atoms with E-state index in [4.69, 9.17) is 9.47 Å². The average molecular weight is 670 g/mol. The van der Waals surface area contributed by atoms with Crippen molar-refractivity contribution in [1.29, 1.82) is 0 Å². The van der Waals surface area contributed by atoms with E-state index in [2.05, 4.69) is 34.6 Å². The van der Waals surface area contributed by atoms with Gasteiger partial charge in [0.2, 0.25) is 17.7 Å². The Kier molecular flexibility index (Phi) is 9.07. The summed E-state index contributed by atoms with van der Waals surface area (Å²) in [4.78, 5) is 50.5. The Hall–Kier alpha value is -3.95. The highest BCUT2D eigenvalue weighted by molar-refractivity contribution is 6.04. The number of anilines is 1. The maximum atomic E-state index is 15.2. The molecule has 0 aromatic heterocycles. The van der Waals surface area contributed by atoms with Gasteiger partial charge in [0.1, 0.15) is 17.4 Å². The van der Waals surface area contributed by atoms with E-state index >= 15 is 9.59 Å². The van der Waals surface area contributed by atoms with Crippen LogP contribution in [-0.2, 0) is 19.1 Å². The first-order valence-corrected chi connectivity index (χ1v) is 17.6. The van der Waals surface area contributed by atoms with Crippen LogP contribution in [0.5, 0.6) is 5.75 Å². The lowest BCUT2D eigenvalue weighted by atomic mass is 9.72. The lowest BCUT2D eigenvalue weighted by Crippen LogP contribution is -2.60. The van der Waals surface area contributed by atoms with Crippen LogP contribution in [0.2, 0.25) is 0 Å². The van der Waals surface area contributed by atoms with Crippen molar-refractivity contribution in [2.45, 2.75) is 90.1 Å². The highest BCUT2D eigenvalue weighted by atomic mass is 16.5. The second-order valence-corrected chi connectivity index (χ2v) is 15.7. The van der Waals surface area contributed by atoms with Gasteiger partial charge in [0.25, 0.3) is 0 Å². The smallest absolute Gasteiger partial charge is 0.249 e. The van der Waals surface area contributed by atoms with Crippen LogP contribution in [0.4, 0.5) is 5.69 Å². The Morgan fingerprint density at radius 2 is 1.55 bits per heavy atom. The lowest BCUT2D eigenvalue weighted by Gasteiger charge is -2.46. The fourth-order valence-corrected chi connectivity index (χ4v) is 9.12. The molecule has 9 nitrogen and oxygen atoms in total. The molecule has 2 aromatic carbocycles. The van der Waals surface area contributed by atoms with Gasteiger partial charge in [-0.05, 0) is 68.9 Å². The number of hydrogen-bond donors (Lipinski definition) is 1. The third-order valence-corrected chi connectivity index (χ3v) is 10.7. The maximum Gasteiger partial charge on any atom is 0.249 e. The van der Waals surface area contributed by atoms with Gasteiger partial charge < -0.3 is 29.3 Å². The third kappa shape index (κ3) is 5.78. The molecule has 9 heteroatoms. The number of hydrogen-bond acceptors (Lipinski definition) is 6. The summed E-state index contributed by atoms with van der Waals surface area (Å²) in [7, 11) is 0. The molecule has 0 saturated carbocycles. The summed E-state index contributed by atoms with van der Waals surface area (Å²) in [6.45, 7) is 15.2. The van der Waals surface area contributed by atoms with E-state index in [0.29, 0.717) is 43.1 Å². The van der Waals surface area contributed by atoms with Crippen molar-refractivity contribution in [1.82, 2.24) is 9.80 Å². The molecule has 0 radical (unpaired) electrons. The molecule has 6 rings (SSSR count). The molecule has 4 heterocycles. The van der Waals surface area contributed by atoms with Crippen LogP contribution in [0.25, 0.3) is 0 Å². The summed E-state index contributed by atoms with van der Waals surface area (Å²) in [5.41, 5.74) is -1.81. The van der Waals surface area contributed by atoms with Crippen molar-refractivity contribution >= 4 is 23.4 Å². The van der Waals surface area contributed by atoms with E-state index in [1.807, 2.05) is 97.6 Å². The minimum atomic E-state index is -1.44. The number of amides is 3. The van der Waals surface area contributed by atoms with Gasteiger partial charge >= 0.3 is 0 Å². The van der Waals surface area contributed by atoms with Gasteiger partial charge in [-0.1, -0.05) is 82.3 Å². The number of aliphatic hydroxyl groups excluding tert-OH is 1. The molecule has 1 spiro atoms. The van der Waals surface area contributed by atoms with Crippen LogP contribution in [0.1, 0.15) is 72.9 Å². The Bertz CT molecular complexity index is 1630. The largest absolute Gasteiger partial charge is 0.494 e. The van der Waals surface area contributed by atoms with Crippen LogP contribution in [-0.4, -0.2) is 81.7 Å². The fraction of sp³-hybridized carbons (Fsp3) is 0.525. The first-order chi connectivity index (χ1) is 23.2. The zero-order chi connectivity index (χ0) is 35.4. The van der Waals surface area contributed by atoms with Gasteiger partial charge in [0.15, 0.2) is 0 Å². The zero-order valence-corrected chi connectivity index (χ0v) is 29.9. The molecule has 6 atom stereocenters. The standard InChI is InChI=1S/C40H51N3O6/c1-8-39-21-13-23-41(28-17-19-29(20-18-28)48-9-2)34(45)31(39)32-35(46)43(30(25-44)27-15-11-10-12-16-27)33-36(47)42(24-14-22-40(32,33)49-39)38(6,7)26-37(3,4)5/h10-22,30-33,44H,8-9,23-26H2,1-7H3/t30-,31+,32+,33?,39-,40+/m1/s1. The van der Waals surface area contributed by atoms with Crippen LogP contribution in [0.15, 0.2) is 78.9 Å². The molecule has 262 valence electrons. The number of carbonyl (C=O) groups is 3. The molecule has 3 amide bonds. The summed E-state index contributed by atoms with van der Waals surface area (Å²) in [6.07, 6.45) is 8.86. The van der Waals surface area contributed by atoms with Crippen molar-refractivity contribution in [3.05, 3.63) is 84.5 Å². The molecular formula is C40H51N3O6. The second kappa shape index (κ2) is 12.7. The lowest BCUT2D eigenvalue weighted by molar-refractivity contribution is -0.159. The quantitative estimate of drug-likeness (QED) is 0.345. The maximum absolute atomic E-state index is 15.2. The van der Waals surface area contributed by atoms with Crippen molar-refractivity contribution < 1.29 is 29.0 Å². The van der Waals surface area contributed by atoms with E-state index in [1.54, 1.807) is 9.80 Å². The topological polar surface area (TPSA) is 99.6 Å². The minimum absolute atomic E-state index is 0.0757. The van der Waals surface area contributed by atoms with Gasteiger partial charge in [0, 0.05) is 24.3 Å². The molecule has 0 aliphatic carbocycles. The molecular weight excluding hydrogens is 618 g/mol. The number of likely N-dealkylation sites (tertiary alicyclic amines) is 1. The predicted octanol–water partition coefficient (Wildman–Crippen LogP) is 5.70. The molecule has 49 heavy (non-hydrogen) atoms. The van der Waals surface area contributed by atoms with Crippen LogP contribution >= 0.6 is 0 Å². The van der Waals surface area contributed by atoms with E-state index in [0.717, 1.165) is 6.42 Å². The van der Waals surface area contributed by atoms with Crippen molar-refractivity contribution in [2.75, 3.05) is 31.2 Å². The molecule has 0 bridgehead atoms. The van der Waals surface area contributed by atoms with E-state index in [9.17, 15) is 9.90 Å². The van der Waals surface area contributed by atoms with Crippen LogP contribution in [0.3, 0.4) is 0 Å². The van der Waals surface area contributed by atoms with Gasteiger partial charge in [0.05, 0.1) is 36.7 Å². The average Bonchev–Trinajstić information content (AvgIpc) is 3.33. The zero-order valence-electron chi connectivity index (χ0n) is 29.9. The Morgan fingerprint density at radius 1 is 0.878 bits per heavy atom. The first-order valence-electron chi connectivity index (χ1n) is 17.6. The van der Waals surface area contributed by atoms with Crippen molar-refractivity contribution in [3.8, 4) is 5.75 Å². The summed E-state index contributed by atoms with van der Waals surface area (Å²) in [6, 6.07) is 14.8. The number of rotatable bonds is 9. The first kappa shape index (κ1) is 34.9. The third-order valence-electron chi connectivity index (χ3n) is 10.7. The van der Waals surface area contributed by atoms with Crippen molar-refractivity contribution in [3.63, 3.8) is 0 Å². The van der Waals surface area contributed by atoms with Crippen LogP contribution < -0.4 is 9.64 Å².